The van der Waals surface area contributed by atoms with E-state index >= 15 is 0 Å². The van der Waals surface area contributed by atoms with Gasteiger partial charge in [-0.05, 0) is 36.8 Å². The van der Waals surface area contributed by atoms with Crippen LogP contribution in [-0.4, -0.2) is 32.8 Å². The summed E-state index contributed by atoms with van der Waals surface area (Å²) in [5.41, 5.74) is 4.37. The van der Waals surface area contributed by atoms with Crippen LogP contribution in [0.2, 0.25) is 0 Å². The summed E-state index contributed by atoms with van der Waals surface area (Å²) < 4.78 is 7.09. The van der Waals surface area contributed by atoms with Gasteiger partial charge in [-0.2, -0.15) is 5.10 Å². The minimum absolute atomic E-state index is 0.0209. The Morgan fingerprint density at radius 2 is 1.93 bits per heavy atom. The van der Waals surface area contributed by atoms with E-state index in [1.165, 1.54) is 4.90 Å². The van der Waals surface area contributed by atoms with Crippen LogP contribution in [0.3, 0.4) is 0 Å². The monoisotopic (exact) mass is 380 g/mol. The predicted octanol–water partition coefficient (Wildman–Crippen LogP) is 2.91. The number of rotatable bonds is 4. The smallest absolute Gasteiger partial charge is 0.410 e. The first-order valence-electron chi connectivity index (χ1n) is 9.56. The Balaban J connectivity index is 1.57. The number of H-pyrrole nitrogens is 1. The largest absolute Gasteiger partial charge is 0.445 e. The Morgan fingerprint density at radius 1 is 1.21 bits per heavy atom. The third-order valence-electron chi connectivity index (χ3n) is 5.30. The molecule has 2 aromatic heterocycles. The highest BCUT2D eigenvalue weighted by molar-refractivity contribution is 5.84. The average molecular weight is 380 g/mol. The van der Waals surface area contributed by atoms with Gasteiger partial charge in [0.2, 0.25) is 0 Å². The van der Waals surface area contributed by atoms with E-state index in [0.717, 1.165) is 53.5 Å². The van der Waals surface area contributed by atoms with E-state index in [1.807, 2.05) is 37.4 Å². The third-order valence-corrected chi connectivity index (χ3v) is 5.30. The molecule has 1 amide bonds. The van der Waals surface area contributed by atoms with Gasteiger partial charge in [-0.15, -0.1) is 0 Å². The average Bonchev–Trinajstić information content (AvgIpc) is 3.02. The molecule has 7 heteroatoms. The van der Waals surface area contributed by atoms with Gasteiger partial charge < -0.3 is 14.6 Å². The summed E-state index contributed by atoms with van der Waals surface area (Å²) >= 11 is 0. The van der Waals surface area contributed by atoms with Crippen LogP contribution >= 0.6 is 0 Å². The molecule has 0 spiro atoms. The van der Waals surface area contributed by atoms with Crippen LogP contribution in [0.1, 0.15) is 35.2 Å². The number of hydrogen-bond acceptors (Lipinski definition) is 4. The number of aromatic amines is 1. The summed E-state index contributed by atoms with van der Waals surface area (Å²) in [6.45, 7) is 0.555. The summed E-state index contributed by atoms with van der Waals surface area (Å²) in [4.78, 5) is 29.3. The molecular formula is C21H24N4O3. The molecule has 1 N–H and O–H groups in total. The lowest BCUT2D eigenvalue weighted by atomic mass is 9.90. The molecule has 0 saturated heterocycles. The van der Waals surface area contributed by atoms with Crippen molar-refractivity contribution in [2.75, 3.05) is 7.05 Å². The van der Waals surface area contributed by atoms with Gasteiger partial charge in [-0.3, -0.25) is 9.48 Å². The number of aryl methyl sites for hydroxylation is 2. The predicted molar refractivity (Wildman–Crippen MR) is 106 cm³/mol. The standard InChI is InChI=1S/C21H24N4O3/c1-24(21(27)28-13-14-8-4-3-5-9-14)12-17-18-15-10-6-7-11-16(15)20(26)22-19(18)25(2)23-17/h3-5,8-9H,6-7,10-13H2,1-2H3,(H,22,26). The molecule has 2 heterocycles. The quantitative estimate of drug-likeness (QED) is 0.755. The molecule has 4 rings (SSSR count). The fourth-order valence-electron chi connectivity index (χ4n) is 3.88. The van der Waals surface area contributed by atoms with E-state index in [-0.39, 0.29) is 12.2 Å². The number of benzene rings is 1. The van der Waals surface area contributed by atoms with E-state index in [1.54, 1.807) is 11.7 Å². The lowest BCUT2D eigenvalue weighted by Crippen LogP contribution is -2.27. The van der Waals surface area contributed by atoms with Crippen molar-refractivity contribution in [1.29, 1.82) is 0 Å². The summed E-state index contributed by atoms with van der Waals surface area (Å²) in [5, 5.41) is 5.55. The zero-order valence-corrected chi connectivity index (χ0v) is 16.2. The third kappa shape index (κ3) is 3.40. The molecule has 0 aliphatic heterocycles. The molecule has 0 atom stereocenters. The Bertz CT molecular complexity index is 1070. The van der Waals surface area contributed by atoms with Gasteiger partial charge in [-0.25, -0.2) is 4.79 Å². The summed E-state index contributed by atoms with van der Waals surface area (Å²) in [6.07, 6.45) is 3.36. The first kappa shape index (κ1) is 18.3. The SMILES string of the molecule is CN(Cc1nn(C)c2[nH]c(=O)c3c(c12)CCCC3)C(=O)OCc1ccccc1. The van der Waals surface area contributed by atoms with E-state index in [0.29, 0.717) is 12.2 Å². The summed E-state index contributed by atoms with van der Waals surface area (Å²) in [5.74, 6) is 0. The van der Waals surface area contributed by atoms with Crippen LogP contribution in [0.15, 0.2) is 35.1 Å². The molecule has 28 heavy (non-hydrogen) atoms. The maximum Gasteiger partial charge on any atom is 0.410 e. The number of ether oxygens (including phenoxy) is 1. The van der Waals surface area contributed by atoms with Gasteiger partial charge in [0.15, 0.2) is 0 Å². The normalized spacial score (nSPS) is 13.4. The van der Waals surface area contributed by atoms with E-state index < -0.39 is 6.09 Å². The number of pyridine rings is 1. The Morgan fingerprint density at radius 3 is 2.68 bits per heavy atom. The van der Waals surface area contributed by atoms with Crippen molar-refractivity contribution in [3.8, 4) is 0 Å². The minimum Gasteiger partial charge on any atom is -0.445 e. The number of amides is 1. The van der Waals surface area contributed by atoms with Crippen molar-refractivity contribution in [1.82, 2.24) is 19.7 Å². The number of fused-ring (bicyclic) bond motifs is 3. The first-order valence-corrected chi connectivity index (χ1v) is 9.56. The Hall–Kier alpha value is -3.09. The zero-order chi connectivity index (χ0) is 19.7. The molecule has 1 aliphatic rings. The van der Waals surface area contributed by atoms with Crippen molar-refractivity contribution >= 4 is 17.1 Å². The number of carbonyl (C=O) groups is 1. The van der Waals surface area contributed by atoms with Crippen molar-refractivity contribution < 1.29 is 9.53 Å². The minimum atomic E-state index is -0.402. The second kappa shape index (κ2) is 7.50. The lowest BCUT2D eigenvalue weighted by Gasteiger charge is -2.18. The maximum absolute atomic E-state index is 12.4. The molecule has 3 aromatic rings. The lowest BCUT2D eigenvalue weighted by molar-refractivity contribution is 0.102. The van der Waals surface area contributed by atoms with Crippen LogP contribution in [0.5, 0.6) is 0 Å². The highest BCUT2D eigenvalue weighted by Gasteiger charge is 2.23. The Kier molecular flexibility index (Phi) is 4.90. The van der Waals surface area contributed by atoms with Gasteiger partial charge in [-0.1, -0.05) is 30.3 Å². The first-order chi connectivity index (χ1) is 13.5. The van der Waals surface area contributed by atoms with E-state index in [2.05, 4.69) is 10.1 Å². The van der Waals surface area contributed by atoms with Crippen LogP contribution in [0.4, 0.5) is 4.79 Å². The molecule has 1 aromatic carbocycles. The molecule has 146 valence electrons. The zero-order valence-electron chi connectivity index (χ0n) is 16.2. The molecule has 7 nitrogen and oxygen atoms in total. The molecule has 0 bridgehead atoms. The Labute approximate surface area is 162 Å². The molecule has 0 radical (unpaired) electrons. The second-order valence-corrected chi connectivity index (χ2v) is 7.31. The van der Waals surface area contributed by atoms with Crippen LogP contribution < -0.4 is 5.56 Å². The van der Waals surface area contributed by atoms with Crippen LogP contribution in [-0.2, 0) is 37.8 Å². The molecule has 0 fully saturated rings. The van der Waals surface area contributed by atoms with Gasteiger partial charge in [0.05, 0.1) is 12.2 Å². The summed E-state index contributed by atoms with van der Waals surface area (Å²) in [7, 11) is 3.51. The van der Waals surface area contributed by atoms with E-state index in [4.69, 9.17) is 4.74 Å². The van der Waals surface area contributed by atoms with Crippen LogP contribution in [0, 0.1) is 0 Å². The molecule has 1 aliphatic carbocycles. The van der Waals surface area contributed by atoms with Gasteiger partial charge in [0.25, 0.3) is 5.56 Å². The number of nitrogens with zero attached hydrogens (tertiary/aromatic N) is 3. The molecular weight excluding hydrogens is 356 g/mol. The topological polar surface area (TPSA) is 80.2 Å². The highest BCUT2D eigenvalue weighted by Crippen LogP contribution is 2.28. The number of nitrogens with one attached hydrogen (secondary N) is 1. The maximum atomic E-state index is 12.4. The fourth-order valence-corrected chi connectivity index (χ4v) is 3.88. The van der Waals surface area contributed by atoms with Crippen molar-refractivity contribution in [2.45, 2.75) is 38.8 Å². The van der Waals surface area contributed by atoms with Gasteiger partial charge in [0.1, 0.15) is 12.3 Å². The van der Waals surface area contributed by atoms with Crippen molar-refractivity contribution in [2.24, 2.45) is 7.05 Å². The molecule has 0 unspecified atom stereocenters. The van der Waals surface area contributed by atoms with Gasteiger partial charge >= 0.3 is 6.09 Å². The number of aromatic nitrogens is 3. The number of carbonyl (C=O) groups excluding carboxylic acids is 1. The molecule has 0 saturated carbocycles. The second-order valence-electron chi connectivity index (χ2n) is 7.31. The van der Waals surface area contributed by atoms with Crippen molar-refractivity contribution in [3.05, 3.63) is 63.1 Å². The van der Waals surface area contributed by atoms with Crippen LogP contribution in [0.25, 0.3) is 11.0 Å². The van der Waals surface area contributed by atoms with E-state index in [9.17, 15) is 9.59 Å². The highest BCUT2D eigenvalue weighted by atomic mass is 16.6. The fraction of sp³-hybridized carbons (Fsp3) is 0.381. The van der Waals surface area contributed by atoms with Crippen molar-refractivity contribution in [3.63, 3.8) is 0 Å². The summed E-state index contributed by atoms with van der Waals surface area (Å²) in [6, 6.07) is 9.59. The number of hydrogen-bond donors (Lipinski definition) is 1. The van der Waals surface area contributed by atoms with Gasteiger partial charge in [0, 0.05) is 25.0 Å².